The molecule has 0 spiro atoms. The molecule has 0 radical (unpaired) electrons. The van der Waals surface area contributed by atoms with E-state index in [0.29, 0.717) is 6.10 Å². The van der Waals surface area contributed by atoms with Crippen LogP contribution in [-0.2, 0) is 4.74 Å². The summed E-state index contributed by atoms with van der Waals surface area (Å²) in [6.07, 6.45) is 5.77. The molecule has 1 heterocycles. The first kappa shape index (κ1) is 12.3. The summed E-state index contributed by atoms with van der Waals surface area (Å²) in [6.45, 7) is 6.74. The van der Waals surface area contributed by atoms with Gasteiger partial charge in [0.1, 0.15) is 0 Å². The summed E-state index contributed by atoms with van der Waals surface area (Å²) in [6, 6.07) is 0.750. The first-order valence-electron chi connectivity index (χ1n) is 6.81. The van der Waals surface area contributed by atoms with Gasteiger partial charge in [-0.25, -0.2) is 0 Å². The molecule has 2 rings (SSSR count). The molecule has 0 aromatic carbocycles. The Kier molecular flexibility index (Phi) is 4.62. The molecule has 1 N–H and O–H groups in total. The van der Waals surface area contributed by atoms with Crippen molar-refractivity contribution in [1.29, 1.82) is 0 Å². The molecule has 16 heavy (non-hydrogen) atoms. The Labute approximate surface area is 99.5 Å². The Hall–Kier alpha value is -0.120. The second-order valence-corrected chi connectivity index (χ2v) is 5.38. The van der Waals surface area contributed by atoms with Crippen LogP contribution in [-0.4, -0.2) is 50.3 Å². The van der Waals surface area contributed by atoms with Crippen LogP contribution in [0.1, 0.15) is 32.6 Å². The molecule has 94 valence electrons. The van der Waals surface area contributed by atoms with Crippen molar-refractivity contribution in [3.63, 3.8) is 0 Å². The van der Waals surface area contributed by atoms with Gasteiger partial charge in [-0.05, 0) is 39.2 Å². The lowest BCUT2D eigenvalue weighted by Gasteiger charge is -2.28. The summed E-state index contributed by atoms with van der Waals surface area (Å²) in [5, 5.41) is 3.47. The van der Waals surface area contributed by atoms with E-state index in [-0.39, 0.29) is 0 Å². The van der Waals surface area contributed by atoms with Crippen molar-refractivity contribution in [1.82, 2.24) is 10.2 Å². The molecular formula is C13H26N2O. The molecule has 1 aliphatic heterocycles. The lowest BCUT2D eigenvalue weighted by Crippen LogP contribution is -2.40. The van der Waals surface area contributed by atoms with E-state index in [0.717, 1.165) is 25.1 Å². The third-order valence-electron chi connectivity index (χ3n) is 4.06. The third kappa shape index (κ3) is 3.19. The standard InChI is InChI=1S/C13H26N2O/c1-11-9-15(7-4-8-16-11)10-12-5-3-6-13(12)14-2/h11-14H,3-10H2,1-2H3. The number of ether oxygens (including phenoxy) is 1. The Bertz CT molecular complexity index is 210. The van der Waals surface area contributed by atoms with Crippen LogP contribution in [0.3, 0.4) is 0 Å². The van der Waals surface area contributed by atoms with Crippen LogP contribution < -0.4 is 5.32 Å². The van der Waals surface area contributed by atoms with Crippen molar-refractivity contribution < 1.29 is 4.74 Å². The minimum Gasteiger partial charge on any atom is -0.377 e. The third-order valence-corrected chi connectivity index (χ3v) is 4.06. The SMILES string of the molecule is CNC1CCCC1CN1CCCOC(C)C1. The largest absolute Gasteiger partial charge is 0.377 e. The maximum absolute atomic E-state index is 5.69. The van der Waals surface area contributed by atoms with Crippen molar-refractivity contribution in [3.05, 3.63) is 0 Å². The maximum atomic E-state index is 5.69. The monoisotopic (exact) mass is 226 g/mol. The smallest absolute Gasteiger partial charge is 0.0673 e. The van der Waals surface area contributed by atoms with E-state index in [1.165, 1.54) is 38.8 Å². The molecule has 2 aliphatic rings. The van der Waals surface area contributed by atoms with Gasteiger partial charge in [0.2, 0.25) is 0 Å². The zero-order valence-electron chi connectivity index (χ0n) is 10.7. The van der Waals surface area contributed by atoms with Gasteiger partial charge < -0.3 is 15.0 Å². The summed E-state index contributed by atoms with van der Waals surface area (Å²) >= 11 is 0. The first-order chi connectivity index (χ1) is 7.79. The van der Waals surface area contributed by atoms with Crippen LogP contribution in [0.4, 0.5) is 0 Å². The van der Waals surface area contributed by atoms with E-state index in [1.54, 1.807) is 0 Å². The number of nitrogens with one attached hydrogen (secondary N) is 1. The van der Waals surface area contributed by atoms with Crippen molar-refractivity contribution in [2.24, 2.45) is 5.92 Å². The lowest BCUT2D eigenvalue weighted by molar-refractivity contribution is 0.0650. The molecule has 0 bridgehead atoms. The fraction of sp³-hybridized carbons (Fsp3) is 1.00. The number of hydrogen-bond acceptors (Lipinski definition) is 3. The van der Waals surface area contributed by atoms with Gasteiger partial charge in [0.15, 0.2) is 0 Å². The van der Waals surface area contributed by atoms with Crippen molar-refractivity contribution >= 4 is 0 Å². The summed E-state index contributed by atoms with van der Waals surface area (Å²) in [4.78, 5) is 2.61. The highest BCUT2D eigenvalue weighted by molar-refractivity contribution is 4.85. The van der Waals surface area contributed by atoms with E-state index in [9.17, 15) is 0 Å². The number of rotatable bonds is 3. The van der Waals surface area contributed by atoms with E-state index < -0.39 is 0 Å². The molecule has 1 saturated carbocycles. The average Bonchev–Trinajstić information content (AvgIpc) is 2.61. The van der Waals surface area contributed by atoms with Crippen LogP contribution in [0, 0.1) is 5.92 Å². The van der Waals surface area contributed by atoms with Crippen LogP contribution in [0.2, 0.25) is 0 Å². The molecule has 0 aromatic heterocycles. The second-order valence-electron chi connectivity index (χ2n) is 5.38. The molecule has 1 aliphatic carbocycles. The summed E-state index contributed by atoms with van der Waals surface area (Å²) in [7, 11) is 2.11. The number of hydrogen-bond donors (Lipinski definition) is 1. The van der Waals surface area contributed by atoms with Crippen molar-refractivity contribution in [2.75, 3.05) is 33.3 Å². The highest BCUT2D eigenvalue weighted by Gasteiger charge is 2.28. The normalized spacial score (nSPS) is 37.5. The van der Waals surface area contributed by atoms with Crippen molar-refractivity contribution in [2.45, 2.75) is 44.8 Å². The molecule has 3 unspecified atom stereocenters. The van der Waals surface area contributed by atoms with E-state index in [1.807, 2.05) is 0 Å². The second kappa shape index (κ2) is 5.99. The van der Waals surface area contributed by atoms with Gasteiger partial charge in [-0.15, -0.1) is 0 Å². The zero-order valence-corrected chi connectivity index (χ0v) is 10.7. The predicted octanol–water partition coefficient (Wildman–Crippen LogP) is 1.49. The van der Waals surface area contributed by atoms with E-state index in [4.69, 9.17) is 4.74 Å². The maximum Gasteiger partial charge on any atom is 0.0673 e. The minimum absolute atomic E-state index is 0.414. The van der Waals surface area contributed by atoms with Crippen molar-refractivity contribution in [3.8, 4) is 0 Å². The van der Waals surface area contributed by atoms with Gasteiger partial charge >= 0.3 is 0 Å². The predicted molar refractivity (Wildman–Crippen MR) is 66.7 cm³/mol. The molecular weight excluding hydrogens is 200 g/mol. The van der Waals surface area contributed by atoms with E-state index in [2.05, 4.69) is 24.2 Å². The topological polar surface area (TPSA) is 24.5 Å². The molecule has 2 fully saturated rings. The van der Waals surface area contributed by atoms with E-state index >= 15 is 0 Å². The van der Waals surface area contributed by atoms with Crippen LogP contribution in [0.5, 0.6) is 0 Å². The lowest BCUT2D eigenvalue weighted by atomic mass is 10.0. The van der Waals surface area contributed by atoms with Gasteiger partial charge in [0, 0.05) is 32.3 Å². The highest BCUT2D eigenvalue weighted by atomic mass is 16.5. The van der Waals surface area contributed by atoms with Gasteiger partial charge in [-0.1, -0.05) is 6.42 Å². The molecule has 3 heteroatoms. The van der Waals surface area contributed by atoms with Crippen LogP contribution in [0.25, 0.3) is 0 Å². The summed E-state index contributed by atoms with van der Waals surface area (Å²) < 4.78 is 5.69. The Morgan fingerprint density at radius 2 is 2.19 bits per heavy atom. The Morgan fingerprint density at radius 1 is 1.31 bits per heavy atom. The van der Waals surface area contributed by atoms with Crippen LogP contribution in [0.15, 0.2) is 0 Å². The highest BCUT2D eigenvalue weighted by Crippen LogP contribution is 2.26. The molecule has 3 nitrogen and oxygen atoms in total. The molecule has 1 saturated heterocycles. The average molecular weight is 226 g/mol. The van der Waals surface area contributed by atoms with Gasteiger partial charge in [-0.2, -0.15) is 0 Å². The first-order valence-corrected chi connectivity index (χ1v) is 6.81. The van der Waals surface area contributed by atoms with Gasteiger partial charge in [-0.3, -0.25) is 0 Å². The molecule has 0 amide bonds. The quantitative estimate of drug-likeness (QED) is 0.789. The summed E-state index contributed by atoms with van der Waals surface area (Å²) in [5.41, 5.74) is 0. The van der Waals surface area contributed by atoms with Gasteiger partial charge in [0.05, 0.1) is 6.10 Å². The number of nitrogens with zero attached hydrogens (tertiary/aromatic N) is 1. The summed E-state index contributed by atoms with van der Waals surface area (Å²) in [5.74, 6) is 0.857. The Morgan fingerprint density at radius 3 is 3.00 bits per heavy atom. The fourth-order valence-corrected chi connectivity index (χ4v) is 3.21. The Balaban J connectivity index is 1.82. The molecule has 0 aromatic rings. The van der Waals surface area contributed by atoms with Gasteiger partial charge in [0.25, 0.3) is 0 Å². The molecule has 3 atom stereocenters. The zero-order chi connectivity index (χ0) is 11.4. The fourth-order valence-electron chi connectivity index (χ4n) is 3.21. The minimum atomic E-state index is 0.414. The van der Waals surface area contributed by atoms with Crippen LogP contribution >= 0.6 is 0 Å².